The average molecular weight is 330 g/mol. The number of hydrogen-bond donors (Lipinski definition) is 2. The van der Waals surface area contributed by atoms with Crippen molar-refractivity contribution in [2.45, 2.75) is 52.0 Å². The molecular weight excluding hydrogens is 304 g/mol. The topological polar surface area (TPSA) is 94.0 Å². The van der Waals surface area contributed by atoms with E-state index in [0.29, 0.717) is 30.6 Å². The van der Waals surface area contributed by atoms with Gasteiger partial charge in [0.15, 0.2) is 0 Å². The molecule has 1 aromatic heterocycles. The van der Waals surface area contributed by atoms with Crippen LogP contribution < -0.4 is 11.1 Å². The third-order valence-electron chi connectivity index (χ3n) is 3.86. The molecule has 0 bridgehead atoms. The molecule has 0 saturated carbocycles. The maximum atomic E-state index is 11.9. The zero-order valence-electron chi connectivity index (χ0n) is 14.8. The Labute approximate surface area is 142 Å². The second-order valence-corrected chi connectivity index (χ2v) is 6.92. The van der Waals surface area contributed by atoms with Gasteiger partial charge in [0.25, 0.3) is 0 Å². The third-order valence-corrected chi connectivity index (χ3v) is 3.86. The van der Waals surface area contributed by atoms with Crippen LogP contribution in [0.3, 0.4) is 0 Å². The maximum absolute atomic E-state index is 11.9. The first kappa shape index (κ1) is 18.1. The molecule has 0 atom stereocenters. The first-order valence-corrected chi connectivity index (χ1v) is 8.25. The molecular formula is C18H26N4O2. The van der Waals surface area contributed by atoms with E-state index >= 15 is 0 Å². The quantitative estimate of drug-likeness (QED) is 0.814. The van der Waals surface area contributed by atoms with Crippen molar-refractivity contribution >= 4 is 5.91 Å². The standard InChI is InChI=1S/C18H26N4O2/c1-12(2)13-5-7-14(8-6-13)17-20-16(24-22-17)10-9-15(23)21-18(3,4)11-19/h5-8,12H,9-11,19H2,1-4H3,(H,21,23). The molecule has 0 aliphatic rings. The summed E-state index contributed by atoms with van der Waals surface area (Å²) >= 11 is 0. The molecule has 6 heteroatoms. The molecule has 130 valence electrons. The fourth-order valence-electron chi connectivity index (χ4n) is 2.20. The average Bonchev–Trinajstić information content (AvgIpc) is 3.01. The number of carbonyl (C=O) groups excluding carboxylic acids is 1. The van der Waals surface area contributed by atoms with Gasteiger partial charge in [-0.25, -0.2) is 0 Å². The van der Waals surface area contributed by atoms with Crippen LogP contribution in [0.15, 0.2) is 28.8 Å². The molecule has 0 spiro atoms. The lowest BCUT2D eigenvalue weighted by Crippen LogP contribution is -2.48. The number of aryl methyl sites for hydroxylation is 1. The zero-order valence-corrected chi connectivity index (χ0v) is 14.8. The second kappa shape index (κ2) is 7.57. The molecule has 6 nitrogen and oxygen atoms in total. The summed E-state index contributed by atoms with van der Waals surface area (Å²) in [4.78, 5) is 16.3. The van der Waals surface area contributed by atoms with E-state index in [1.807, 2.05) is 26.0 Å². The maximum Gasteiger partial charge on any atom is 0.227 e. The number of rotatable bonds is 7. The lowest BCUT2D eigenvalue weighted by Gasteiger charge is -2.23. The fourth-order valence-corrected chi connectivity index (χ4v) is 2.20. The molecule has 0 aliphatic heterocycles. The number of carbonyl (C=O) groups is 1. The van der Waals surface area contributed by atoms with Crippen molar-refractivity contribution in [2.24, 2.45) is 5.73 Å². The van der Waals surface area contributed by atoms with Crippen LogP contribution in [-0.2, 0) is 11.2 Å². The van der Waals surface area contributed by atoms with Crippen molar-refractivity contribution in [3.63, 3.8) is 0 Å². The highest BCUT2D eigenvalue weighted by atomic mass is 16.5. The Hall–Kier alpha value is -2.21. The number of amides is 1. The van der Waals surface area contributed by atoms with Crippen molar-refractivity contribution in [1.29, 1.82) is 0 Å². The Morgan fingerprint density at radius 3 is 2.54 bits per heavy atom. The van der Waals surface area contributed by atoms with Crippen LogP contribution in [0.4, 0.5) is 0 Å². The first-order valence-electron chi connectivity index (χ1n) is 8.25. The van der Waals surface area contributed by atoms with E-state index in [-0.39, 0.29) is 12.3 Å². The van der Waals surface area contributed by atoms with Crippen LogP contribution in [-0.4, -0.2) is 28.1 Å². The van der Waals surface area contributed by atoms with Gasteiger partial charge in [0.05, 0.1) is 0 Å². The predicted octanol–water partition coefficient (Wildman–Crippen LogP) is 2.65. The highest BCUT2D eigenvalue weighted by Gasteiger charge is 2.18. The molecule has 0 saturated heterocycles. The van der Waals surface area contributed by atoms with Crippen LogP contribution >= 0.6 is 0 Å². The van der Waals surface area contributed by atoms with Crippen LogP contribution in [0, 0.1) is 0 Å². The van der Waals surface area contributed by atoms with Gasteiger partial charge in [-0.2, -0.15) is 4.98 Å². The van der Waals surface area contributed by atoms with E-state index in [4.69, 9.17) is 10.3 Å². The molecule has 24 heavy (non-hydrogen) atoms. The molecule has 1 heterocycles. The van der Waals surface area contributed by atoms with E-state index in [9.17, 15) is 4.79 Å². The molecule has 0 fully saturated rings. The molecule has 0 radical (unpaired) electrons. The second-order valence-electron chi connectivity index (χ2n) is 6.92. The van der Waals surface area contributed by atoms with Gasteiger partial charge in [-0.15, -0.1) is 0 Å². The summed E-state index contributed by atoms with van der Waals surface area (Å²) in [5.74, 6) is 1.41. The monoisotopic (exact) mass is 330 g/mol. The van der Waals surface area contributed by atoms with Gasteiger partial charge in [-0.3, -0.25) is 4.79 Å². The normalized spacial score (nSPS) is 11.8. The zero-order chi connectivity index (χ0) is 17.7. The van der Waals surface area contributed by atoms with Crippen molar-refractivity contribution in [2.75, 3.05) is 6.54 Å². The molecule has 0 unspecified atom stereocenters. The van der Waals surface area contributed by atoms with E-state index in [1.165, 1.54) is 5.56 Å². The van der Waals surface area contributed by atoms with Gasteiger partial charge in [-0.05, 0) is 25.3 Å². The number of nitrogens with zero attached hydrogens (tertiary/aromatic N) is 2. The van der Waals surface area contributed by atoms with E-state index in [1.54, 1.807) is 0 Å². The lowest BCUT2D eigenvalue weighted by atomic mass is 10.0. The SMILES string of the molecule is CC(C)c1ccc(-c2noc(CCC(=O)NC(C)(C)CN)n2)cc1. The smallest absolute Gasteiger partial charge is 0.227 e. The molecule has 0 aliphatic carbocycles. The Kier molecular flexibility index (Phi) is 5.72. The summed E-state index contributed by atoms with van der Waals surface area (Å²) in [5, 5.41) is 6.87. The number of aromatic nitrogens is 2. The molecule has 2 aromatic rings. The van der Waals surface area contributed by atoms with Crippen LogP contribution in [0.25, 0.3) is 11.4 Å². The predicted molar refractivity (Wildman–Crippen MR) is 93.4 cm³/mol. The van der Waals surface area contributed by atoms with Gasteiger partial charge in [0, 0.05) is 30.5 Å². The summed E-state index contributed by atoms with van der Waals surface area (Å²) in [7, 11) is 0. The summed E-state index contributed by atoms with van der Waals surface area (Å²) in [6, 6.07) is 8.11. The first-order chi connectivity index (χ1) is 11.3. The highest BCUT2D eigenvalue weighted by Crippen LogP contribution is 2.20. The van der Waals surface area contributed by atoms with E-state index in [0.717, 1.165) is 5.56 Å². The van der Waals surface area contributed by atoms with Crippen LogP contribution in [0.5, 0.6) is 0 Å². The number of hydrogen-bond acceptors (Lipinski definition) is 5. The summed E-state index contributed by atoms with van der Waals surface area (Å²) < 4.78 is 5.24. The van der Waals surface area contributed by atoms with Gasteiger partial charge in [0.2, 0.25) is 17.6 Å². The Bertz CT molecular complexity index is 675. The fraction of sp³-hybridized carbons (Fsp3) is 0.500. The molecule has 3 N–H and O–H groups in total. The van der Waals surface area contributed by atoms with E-state index in [2.05, 4.69) is 41.4 Å². The minimum atomic E-state index is -0.407. The van der Waals surface area contributed by atoms with Gasteiger partial charge < -0.3 is 15.6 Å². The lowest BCUT2D eigenvalue weighted by molar-refractivity contribution is -0.122. The minimum Gasteiger partial charge on any atom is -0.350 e. The van der Waals surface area contributed by atoms with Gasteiger partial charge in [0.1, 0.15) is 0 Å². The Morgan fingerprint density at radius 2 is 1.96 bits per heavy atom. The Balaban J connectivity index is 1.94. The van der Waals surface area contributed by atoms with E-state index < -0.39 is 5.54 Å². The largest absolute Gasteiger partial charge is 0.350 e. The van der Waals surface area contributed by atoms with Crippen LogP contribution in [0.1, 0.15) is 51.5 Å². The van der Waals surface area contributed by atoms with Crippen molar-refractivity contribution in [3.8, 4) is 11.4 Å². The minimum absolute atomic E-state index is 0.0773. The molecule has 1 aromatic carbocycles. The Morgan fingerprint density at radius 1 is 1.29 bits per heavy atom. The van der Waals surface area contributed by atoms with Gasteiger partial charge in [-0.1, -0.05) is 43.3 Å². The highest BCUT2D eigenvalue weighted by molar-refractivity contribution is 5.76. The third kappa shape index (κ3) is 4.89. The summed E-state index contributed by atoms with van der Waals surface area (Å²) in [6.07, 6.45) is 0.695. The van der Waals surface area contributed by atoms with Crippen molar-refractivity contribution in [1.82, 2.24) is 15.5 Å². The van der Waals surface area contributed by atoms with Crippen LogP contribution in [0.2, 0.25) is 0 Å². The summed E-state index contributed by atoms with van der Waals surface area (Å²) in [5.41, 5.74) is 7.37. The number of benzene rings is 1. The summed E-state index contributed by atoms with van der Waals surface area (Å²) in [6.45, 7) is 8.46. The molecule has 1 amide bonds. The van der Waals surface area contributed by atoms with Crippen molar-refractivity contribution in [3.05, 3.63) is 35.7 Å². The van der Waals surface area contributed by atoms with Crippen molar-refractivity contribution < 1.29 is 9.32 Å². The van der Waals surface area contributed by atoms with Gasteiger partial charge >= 0.3 is 0 Å². The number of nitrogens with one attached hydrogen (secondary N) is 1. The molecule has 2 rings (SSSR count). The number of nitrogens with two attached hydrogens (primary N) is 1.